The lowest BCUT2D eigenvalue weighted by atomic mass is 10.2. The number of hydrogen-bond acceptors (Lipinski definition) is 7. The average Bonchev–Trinajstić information content (AvgIpc) is 3.62. The highest BCUT2D eigenvalue weighted by atomic mass is 32.2. The van der Waals surface area contributed by atoms with Gasteiger partial charge in [0.1, 0.15) is 10.6 Å². The molecule has 0 unspecified atom stereocenters. The number of aromatic nitrogens is 2. The van der Waals surface area contributed by atoms with Crippen LogP contribution >= 0.6 is 0 Å². The Balaban J connectivity index is 1.39. The van der Waals surface area contributed by atoms with Crippen molar-refractivity contribution in [3.05, 3.63) is 48.0 Å². The molecule has 0 bridgehead atoms. The van der Waals surface area contributed by atoms with Gasteiger partial charge in [-0.3, -0.25) is 0 Å². The van der Waals surface area contributed by atoms with Crippen LogP contribution in [-0.2, 0) is 10.0 Å². The monoisotopic (exact) mass is 453 g/mol. The largest absolute Gasteiger partial charge is 0.495 e. The fourth-order valence-corrected chi connectivity index (χ4v) is 5.56. The van der Waals surface area contributed by atoms with Crippen LogP contribution in [0, 0.1) is 6.92 Å². The van der Waals surface area contributed by atoms with Crippen molar-refractivity contribution in [2.24, 2.45) is 0 Å². The predicted molar refractivity (Wildman–Crippen MR) is 125 cm³/mol. The van der Waals surface area contributed by atoms with Gasteiger partial charge in [0.25, 0.3) is 0 Å². The topological polar surface area (TPSA) is 87.7 Å². The molecular weight excluding hydrogens is 426 g/mol. The molecule has 8 nitrogen and oxygen atoms in total. The van der Waals surface area contributed by atoms with Crippen LogP contribution in [0.25, 0.3) is 11.0 Å². The zero-order valence-corrected chi connectivity index (χ0v) is 19.1. The number of aryl methyl sites for hydroxylation is 1. The van der Waals surface area contributed by atoms with Crippen LogP contribution < -0.4 is 15.0 Å². The number of methoxy groups -OCH3 is 1. The van der Waals surface area contributed by atoms with Crippen molar-refractivity contribution in [3.63, 3.8) is 0 Å². The maximum atomic E-state index is 13.3. The first-order valence-corrected chi connectivity index (χ1v) is 12.3. The number of benzene rings is 2. The van der Waals surface area contributed by atoms with Gasteiger partial charge in [-0.05, 0) is 49.6 Å². The van der Waals surface area contributed by atoms with E-state index >= 15 is 0 Å². The van der Waals surface area contributed by atoms with Crippen LogP contribution in [0.3, 0.4) is 0 Å². The van der Waals surface area contributed by atoms with Gasteiger partial charge in [-0.25, -0.2) is 18.4 Å². The van der Waals surface area contributed by atoms with Crippen molar-refractivity contribution >= 4 is 32.7 Å². The fourth-order valence-electron chi connectivity index (χ4n) is 4.00. The minimum absolute atomic E-state index is 0.209. The Kier molecular flexibility index (Phi) is 5.38. The Bertz CT molecular complexity index is 1250. The highest BCUT2D eigenvalue weighted by Crippen LogP contribution is 2.33. The molecule has 2 aliphatic rings. The first-order valence-electron chi connectivity index (χ1n) is 10.9. The molecule has 168 valence electrons. The van der Waals surface area contributed by atoms with Crippen molar-refractivity contribution < 1.29 is 13.2 Å². The van der Waals surface area contributed by atoms with E-state index in [2.05, 4.69) is 10.2 Å². The summed E-state index contributed by atoms with van der Waals surface area (Å²) in [5.41, 5.74) is 2.64. The summed E-state index contributed by atoms with van der Waals surface area (Å²) in [4.78, 5) is 12.0. The first-order chi connectivity index (χ1) is 15.5. The van der Waals surface area contributed by atoms with Crippen molar-refractivity contribution in [2.45, 2.75) is 30.7 Å². The van der Waals surface area contributed by atoms with E-state index in [4.69, 9.17) is 14.7 Å². The number of sulfonamides is 1. The van der Waals surface area contributed by atoms with Crippen LogP contribution in [0.5, 0.6) is 5.75 Å². The second-order valence-electron chi connectivity index (χ2n) is 8.35. The van der Waals surface area contributed by atoms with E-state index < -0.39 is 10.0 Å². The lowest BCUT2D eigenvalue weighted by Crippen LogP contribution is -2.49. The average molecular weight is 454 g/mol. The maximum Gasteiger partial charge on any atom is 0.246 e. The molecule has 2 heterocycles. The van der Waals surface area contributed by atoms with E-state index in [9.17, 15) is 8.42 Å². The molecule has 1 aliphatic carbocycles. The summed E-state index contributed by atoms with van der Waals surface area (Å²) in [6.45, 7) is 3.74. The molecular formula is C23H27N5O3S. The maximum absolute atomic E-state index is 13.3. The molecule has 5 rings (SSSR count). The van der Waals surface area contributed by atoms with Gasteiger partial charge >= 0.3 is 0 Å². The molecule has 32 heavy (non-hydrogen) atoms. The lowest BCUT2D eigenvalue weighted by molar-refractivity contribution is 0.373. The van der Waals surface area contributed by atoms with Gasteiger partial charge in [-0.1, -0.05) is 18.2 Å². The SMILES string of the molecule is COc1cc(C)ccc1S(=O)(=O)N1CCN(c2nc3ccccc3nc2NC2CC2)CC1. The number of nitrogens with one attached hydrogen (secondary N) is 1. The number of hydrogen-bond donors (Lipinski definition) is 1. The zero-order valence-electron chi connectivity index (χ0n) is 18.3. The van der Waals surface area contributed by atoms with Gasteiger partial charge in [0, 0.05) is 32.2 Å². The van der Waals surface area contributed by atoms with E-state index in [0.717, 1.165) is 41.1 Å². The number of ether oxygens (including phenoxy) is 1. The van der Waals surface area contributed by atoms with Gasteiger partial charge in [0.2, 0.25) is 10.0 Å². The third-order valence-electron chi connectivity index (χ3n) is 5.95. The summed E-state index contributed by atoms with van der Waals surface area (Å²) in [5.74, 6) is 1.95. The normalized spacial score (nSPS) is 17.5. The van der Waals surface area contributed by atoms with Crippen LogP contribution in [0.2, 0.25) is 0 Å². The Morgan fingerprint density at radius 1 is 1.00 bits per heavy atom. The van der Waals surface area contributed by atoms with Crippen molar-refractivity contribution in [1.29, 1.82) is 0 Å². The number of fused-ring (bicyclic) bond motifs is 1. The number of para-hydroxylation sites is 2. The van der Waals surface area contributed by atoms with Gasteiger partial charge in [0.15, 0.2) is 11.6 Å². The summed E-state index contributed by atoms with van der Waals surface area (Å²) < 4.78 is 33.5. The smallest absolute Gasteiger partial charge is 0.246 e. The van der Waals surface area contributed by atoms with E-state index in [0.29, 0.717) is 38.0 Å². The number of anilines is 2. The lowest BCUT2D eigenvalue weighted by Gasteiger charge is -2.35. The third kappa shape index (κ3) is 3.98. The first kappa shape index (κ1) is 21.0. The molecule has 1 aliphatic heterocycles. The van der Waals surface area contributed by atoms with Gasteiger partial charge in [-0.2, -0.15) is 4.31 Å². The molecule has 9 heteroatoms. The zero-order chi connectivity index (χ0) is 22.3. The summed E-state index contributed by atoms with van der Waals surface area (Å²) >= 11 is 0. The van der Waals surface area contributed by atoms with Crippen LogP contribution in [-0.4, -0.2) is 62.0 Å². The quantitative estimate of drug-likeness (QED) is 0.614. The number of piperazine rings is 1. The van der Waals surface area contributed by atoms with E-state index in [1.807, 2.05) is 31.2 Å². The van der Waals surface area contributed by atoms with Crippen LogP contribution in [0.15, 0.2) is 47.4 Å². The molecule has 1 saturated heterocycles. The van der Waals surface area contributed by atoms with E-state index in [1.165, 1.54) is 11.4 Å². The minimum Gasteiger partial charge on any atom is -0.495 e. The van der Waals surface area contributed by atoms with Crippen LogP contribution in [0.1, 0.15) is 18.4 Å². The fraction of sp³-hybridized carbons (Fsp3) is 0.391. The molecule has 1 saturated carbocycles. The van der Waals surface area contributed by atoms with Gasteiger partial charge in [-0.15, -0.1) is 0 Å². The van der Waals surface area contributed by atoms with Crippen molar-refractivity contribution in [3.8, 4) is 5.75 Å². The standard InChI is InChI=1S/C23H27N5O3S/c1-16-7-10-21(20(15-16)31-2)32(29,30)28-13-11-27(12-14-28)23-22(24-17-8-9-17)25-18-5-3-4-6-19(18)26-23/h3-7,10,15,17H,8-9,11-14H2,1-2H3,(H,24,25). The Morgan fingerprint density at radius 3 is 2.34 bits per heavy atom. The summed E-state index contributed by atoms with van der Waals surface area (Å²) in [7, 11) is -2.15. The summed E-state index contributed by atoms with van der Waals surface area (Å²) in [6.07, 6.45) is 2.27. The van der Waals surface area contributed by atoms with Crippen molar-refractivity contribution in [1.82, 2.24) is 14.3 Å². The predicted octanol–water partition coefficient (Wildman–Crippen LogP) is 3.03. The second-order valence-corrected chi connectivity index (χ2v) is 10.3. The van der Waals surface area contributed by atoms with Gasteiger partial charge in [0.05, 0.1) is 18.1 Å². The van der Waals surface area contributed by atoms with Gasteiger partial charge < -0.3 is 15.0 Å². The third-order valence-corrected chi connectivity index (χ3v) is 7.88. The number of nitrogens with zero attached hydrogens (tertiary/aromatic N) is 4. The second kappa shape index (κ2) is 8.22. The molecule has 0 radical (unpaired) electrons. The summed E-state index contributed by atoms with van der Waals surface area (Å²) in [6, 6.07) is 13.5. The molecule has 0 atom stereocenters. The van der Waals surface area contributed by atoms with Crippen LogP contribution in [0.4, 0.5) is 11.6 Å². The van der Waals surface area contributed by atoms with E-state index in [-0.39, 0.29) is 4.90 Å². The highest BCUT2D eigenvalue weighted by molar-refractivity contribution is 7.89. The molecule has 2 aromatic carbocycles. The molecule has 3 aromatic rings. The highest BCUT2D eigenvalue weighted by Gasteiger charge is 2.33. The van der Waals surface area contributed by atoms with E-state index in [1.54, 1.807) is 18.2 Å². The van der Waals surface area contributed by atoms with Crippen molar-refractivity contribution in [2.75, 3.05) is 43.5 Å². The summed E-state index contributed by atoms with van der Waals surface area (Å²) in [5, 5.41) is 3.50. The molecule has 0 spiro atoms. The Hall–Kier alpha value is -2.91. The minimum atomic E-state index is -3.65. The Labute approximate surface area is 188 Å². The number of rotatable bonds is 6. The molecule has 1 N–H and O–H groups in total. The molecule has 2 fully saturated rings. The molecule has 0 amide bonds. The Morgan fingerprint density at radius 2 is 1.69 bits per heavy atom. The molecule has 1 aromatic heterocycles.